The van der Waals surface area contributed by atoms with Crippen molar-refractivity contribution in [3.8, 4) is 5.75 Å². The molecule has 0 heterocycles. The lowest BCUT2D eigenvalue weighted by Crippen LogP contribution is -2.29. The molecule has 1 aliphatic carbocycles. The van der Waals surface area contributed by atoms with Gasteiger partial charge in [-0.2, -0.15) is 13.2 Å². The Morgan fingerprint density at radius 3 is 2.63 bits per heavy atom. The summed E-state index contributed by atoms with van der Waals surface area (Å²) in [5.74, 6) is -0.148. The van der Waals surface area contributed by atoms with Crippen LogP contribution in [0.3, 0.4) is 0 Å². The maximum atomic E-state index is 13.0. The first-order valence-corrected chi connectivity index (χ1v) is 9.94. The molecule has 0 aromatic heterocycles. The van der Waals surface area contributed by atoms with Gasteiger partial charge < -0.3 is 10.5 Å². The Bertz CT molecular complexity index is 954. The third-order valence-electron chi connectivity index (χ3n) is 5.33. The average Bonchev–Trinajstić information content (AvgIpc) is 3.07. The van der Waals surface area contributed by atoms with E-state index < -0.39 is 23.7 Å². The summed E-state index contributed by atoms with van der Waals surface area (Å²) in [4.78, 5) is 17.0. The molecule has 2 aromatic rings. The van der Waals surface area contributed by atoms with Gasteiger partial charge in [0.15, 0.2) is 0 Å². The fraction of sp³-hybridized carbons (Fsp3) is 0.391. The van der Waals surface area contributed by atoms with Crippen LogP contribution in [0.15, 0.2) is 47.5 Å². The van der Waals surface area contributed by atoms with Crippen molar-refractivity contribution in [3.63, 3.8) is 0 Å². The van der Waals surface area contributed by atoms with E-state index in [1.807, 2.05) is 18.2 Å². The molecule has 1 aliphatic rings. The Balaban J connectivity index is 1.94. The highest BCUT2D eigenvalue weighted by atomic mass is 19.4. The molecule has 2 unspecified atom stereocenters. The third kappa shape index (κ3) is 4.73. The lowest BCUT2D eigenvalue weighted by atomic mass is 9.89. The number of nitrogens with zero attached hydrogens (tertiary/aromatic N) is 1. The molecule has 0 bridgehead atoms. The van der Waals surface area contributed by atoms with Crippen molar-refractivity contribution in [1.29, 1.82) is 0 Å². The smallest absolute Gasteiger partial charge is 0.416 e. The number of aryl methyl sites for hydroxylation is 1. The van der Waals surface area contributed by atoms with Crippen LogP contribution in [0.5, 0.6) is 5.75 Å². The number of ether oxygens (including phenoxy) is 1. The van der Waals surface area contributed by atoms with Crippen molar-refractivity contribution in [2.24, 2.45) is 16.6 Å². The van der Waals surface area contributed by atoms with Crippen molar-refractivity contribution in [2.75, 3.05) is 7.11 Å². The normalized spacial score (nSPS) is 19.3. The predicted molar refractivity (Wildman–Crippen MR) is 110 cm³/mol. The van der Waals surface area contributed by atoms with E-state index in [2.05, 4.69) is 11.9 Å². The third-order valence-corrected chi connectivity index (χ3v) is 5.33. The van der Waals surface area contributed by atoms with Gasteiger partial charge in [-0.05, 0) is 42.7 Å². The van der Waals surface area contributed by atoms with E-state index in [1.165, 1.54) is 12.1 Å². The minimum absolute atomic E-state index is 0.0621. The largest absolute Gasteiger partial charge is 0.496 e. The van der Waals surface area contributed by atoms with Gasteiger partial charge in [-0.1, -0.05) is 31.5 Å². The number of alkyl halides is 3. The van der Waals surface area contributed by atoms with E-state index in [4.69, 9.17) is 10.5 Å². The van der Waals surface area contributed by atoms with E-state index in [-0.39, 0.29) is 17.9 Å². The number of ketones is 1. The second-order valence-corrected chi connectivity index (χ2v) is 7.45. The Morgan fingerprint density at radius 1 is 1.20 bits per heavy atom. The van der Waals surface area contributed by atoms with Gasteiger partial charge in [0.2, 0.25) is 0 Å². The highest BCUT2D eigenvalue weighted by Gasteiger charge is 2.38. The number of aliphatic imine (C=N–C) groups is 1. The molecular formula is C23H25F3N2O2. The molecule has 0 amide bonds. The molecule has 0 saturated heterocycles. The monoisotopic (exact) mass is 418 g/mol. The molecule has 7 heteroatoms. The zero-order valence-electron chi connectivity index (χ0n) is 17.0. The van der Waals surface area contributed by atoms with Crippen LogP contribution in [0.25, 0.3) is 0 Å². The molecule has 0 radical (unpaired) electrons. The summed E-state index contributed by atoms with van der Waals surface area (Å²) in [5.41, 5.74) is 8.17. The number of carbonyl (C=O) groups excluding carboxylic acids is 1. The van der Waals surface area contributed by atoms with E-state index in [0.29, 0.717) is 23.4 Å². The Morgan fingerprint density at radius 2 is 1.97 bits per heavy atom. The molecule has 160 valence electrons. The maximum absolute atomic E-state index is 13.0. The van der Waals surface area contributed by atoms with Crippen molar-refractivity contribution >= 4 is 17.2 Å². The number of methoxy groups -OCH3 is 1. The van der Waals surface area contributed by atoms with Crippen molar-refractivity contribution in [1.82, 2.24) is 0 Å². The van der Waals surface area contributed by atoms with Crippen LogP contribution in [0.2, 0.25) is 0 Å². The lowest BCUT2D eigenvalue weighted by molar-refractivity contribution is -0.137. The lowest BCUT2D eigenvalue weighted by Gasteiger charge is -2.22. The van der Waals surface area contributed by atoms with Gasteiger partial charge >= 0.3 is 6.18 Å². The van der Waals surface area contributed by atoms with Crippen LogP contribution in [-0.4, -0.2) is 18.6 Å². The first-order valence-electron chi connectivity index (χ1n) is 9.94. The standard InChI is InChI=1S/C23H25F3N2O2/c1-3-5-14-8-9-17(20(12-14)30-2)22(27)21-18(10-11-19(21)29)28-16-7-4-6-15(13-16)23(24,25)26/h4,6-9,12-13,21-22H,3,5,10-11,27H2,1-2H3. The molecule has 1 saturated carbocycles. The Kier molecular flexibility index (Phi) is 6.61. The minimum Gasteiger partial charge on any atom is -0.496 e. The first-order chi connectivity index (χ1) is 14.2. The summed E-state index contributed by atoms with van der Waals surface area (Å²) in [6.07, 6.45) is -1.92. The molecule has 1 fully saturated rings. The molecular weight excluding hydrogens is 393 g/mol. The van der Waals surface area contributed by atoms with E-state index in [0.717, 1.165) is 30.5 Å². The van der Waals surface area contributed by atoms with Gasteiger partial charge in [0.25, 0.3) is 0 Å². The van der Waals surface area contributed by atoms with Gasteiger partial charge in [0.05, 0.1) is 24.3 Å². The van der Waals surface area contributed by atoms with E-state index in [1.54, 1.807) is 7.11 Å². The van der Waals surface area contributed by atoms with Gasteiger partial charge in [0.1, 0.15) is 11.5 Å². The Hall–Kier alpha value is -2.67. The summed E-state index contributed by atoms with van der Waals surface area (Å²) >= 11 is 0. The van der Waals surface area contributed by atoms with E-state index >= 15 is 0 Å². The number of hydrogen-bond acceptors (Lipinski definition) is 4. The quantitative estimate of drug-likeness (QED) is 0.681. The molecule has 30 heavy (non-hydrogen) atoms. The number of halogens is 3. The molecule has 0 spiro atoms. The number of benzene rings is 2. The van der Waals surface area contributed by atoms with Crippen molar-refractivity contribution in [2.45, 2.75) is 44.8 Å². The maximum Gasteiger partial charge on any atom is 0.416 e. The second-order valence-electron chi connectivity index (χ2n) is 7.45. The molecule has 4 nitrogen and oxygen atoms in total. The van der Waals surface area contributed by atoms with Crippen LogP contribution in [-0.2, 0) is 17.4 Å². The second kappa shape index (κ2) is 9.00. The van der Waals surface area contributed by atoms with E-state index in [9.17, 15) is 18.0 Å². The summed E-state index contributed by atoms with van der Waals surface area (Å²) in [6.45, 7) is 2.08. The van der Waals surface area contributed by atoms with Crippen molar-refractivity contribution in [3.05, 3.63) is 59.2 Å². The number of rotatable bonds is 6. The molecule has 2 N–H and O–H groups in total. The first kappa shape index (κ1) is 22.0. The minimum atomic E-state index is -4.45. The SMILES string of the molecule is CCCc1ccc(C(N)C2C(=O)CCC2=Nc2cccc(C(F)(F)F)c2)c(OC)c1. The number of nitrogens with two attached hydrogens (primary N) is 1. The topological polar surface area (TPSA) is 64.7 Å². The van der Waals surface area contributed by atoms with Crippen LogP contribution < -0.4 is 10.5 Å². The molecule has 3 rings (SSSR count). The van der Waals surface area contributed by atoms with Gasteiger partial charge in [0, 0.05) is 23.7 Å². The molecule has 0 aliphatic heterocycles. The summed E-state index contributed by atoms with van der Waals surface area (Å²) in [7, 11) is 1.55. The summed E-state index contributed by atoms with van der Waals surface area (Å²) in [5, 5.41) is 0. The molecule has 2 atom stereocenters. The fourth-order valence-electron chi connectivity index (χ4n) is 3.85. The summed E-state index contributed by atoms with van der Waals surface area (Å²) in [6, 6.07) is 9.84. The number of Topliss-reactive ketones (excluding diaryl/α,β-unsaturated/α-hetero) is 1. The summed E-state index contributed by atoms with van der Waals surface area (Å²) < 4.78 is 44.5. The average molecular weight is 418 g/mol. The zero-order chi connectivity index (χ0) is 21.9. The van der Waals surface area contributed by atoms with Crippen LogP contribution in [0, 0.1) is 5.92 Å². The van der Waals surface area contributed by atoms with Gasteiger partial charge in [-0.3, -0.25) is 9.79 Å². The van der Waals surface area contributed by atoms with Crippen molar-refractivity contribution < 1.29 is 22.7 Å². The van der Waals surface area contributed by atoms with Gasteiger partial charge in [-0.25, -0.2) is 0 Å². The van der Waals surface area contributed by atoms with Gasteiger partial charge in [-0.15, -0.1) is 0 Å². The zero-order valence-corrected chi connectivity index (χ0v) is 17.0. The van der Waals surface area contributed by atoms with Crippen LogP contribution in [0.1, 0.15) is 48.9 Å². The highest BCUT2D eigenvalue weighted by molar-refractivity contribution is 6.12. The Labute approximate surface area is 174 Å². The van der Waals surface area contributed by atoms with Crippen LogP contribution >= 0.6 is 0 Å². The number of carbonyl (C=O) groups is 1. The highest BCUT2D eigenvalue weighted by Crippen LogP contribution is 2.37. The van der Waals surface area contributed by atoms with Crippen LogP contribution in [0.4, 0.5) is 18.9 Å². The predicted octanol–water partition coefficient (Wildman–Crippen LogP) is 5.42. The molecule has 2 aromatic carbocycles. The number of hydrogen-bond donors (Lipinski definition) is 1. The fourth-order valence-corrected chi connectivity index (χ4v) is 3.85.